The van der Waals surface area contributed by atoms with Crippen molar-refractivity contribution in [3.63, 3.8) is 0 Å². The monoisotopic (exact) mass is 168 g/mol. The van der Waals surface area contributed by atoms with Crippen LogP contribution in [-0.2, 0) is 9.90 Å². The highest BCUT2D eigenvalue weighted by atomic mass is 16.3. The van der Waals surface area contributed by atoms with Gasteiger partial charge in [-0.2, -0.15) is 4.99 Å². The number of nitrogens with zero attached hydrogens (tertiary/aromatic N) is 1. The van der Waals surface area contributed by atoms with E-state index in [4.69, 9.17) is 0 Å². The smallest absolute Gasteiger partial charge is 0.254 e. The van der Waals surface area contributed by atoms with Crippen LogP contribution in [0.25, 0.3) is 0 Å². The number of carbonyl (C=O) groups excluding carboxylic acids is 1. The summed E-state index contributed by atoms with van der Waals surface area (Å²) in [5.41, 5.74) is -0.950. The second-order valence-electron chi connectivity index (χ2n) is 4.67. The molecule has 12 heavy (non-hydrogen) atoms. The Morgan fingerprint density at radius 1 is 1.17 bits per heavy atom. The Morgan fingerprint density at radius 3 is 2.08 bits per heavy atom. The predicted molar refractivity (Wildman–Crippen MR) is 45.3 cm³/mol. The van der Waals surface area contributed by atoms with Crippen LogP contribution in [0.4, 0.5) is 0 Å². The topological polar surface area (TPSA) is 49.3 Å². The van der Waals surface area contributed by atoms with Gasteiger partial charge in [0.25, 0.3) is 11.8 Å². The molecule has 0 saturated heterocycles. The molecule has 0 aliphatic carbocycles. The van der Waals surface area contributed by atoms with Gasteiger partial charge in [-0.05, 0) is 6.42 Å². The maximum atomic E-state index is 11.2. The summed E-state index contributed by atoms with van der Waals surface area (Å²) < 4.78 is 0. The third-order valence-corrected chi connectivity index (χ3v) is 2.24. The molecule has 0 aromatic heterocycles. The van der Waals surface area contributed by atoms with Gasteiger partial charge in [0.05, 0.1) is 0 Å². The fourth-order valence-electron chi connectivity index (χ4n) is 1.65. The first-order valence-corrected chi connectivity index (χ1v) is 4.06. The van der Waals surface area contributed by atoms with Crippen LogP contribution in [0.2, 0.25) is 0 Å². The first-order valence-electron chi connectivity index (χ1n) is 4.06. The van der Waals surface area contributed by atoms with E-state index in [1.165, 1.54) is 0 Å². The summed E-state index contributed by atoms with van der Waals surface area (Å²) in [4.78, 5) is 14.7. The van der Waals surface area contributed by atoms with Gasteiger partial charge in [0.1, 0.15) is 0 Å². The van der Waals surface area contributed by atoms with E-state index in [2.05, 4.69) is 4.99 Å². The molecule has 3 heteroatoms. The second kappa shape index (κ2) is 2.31. The Kier molecular flexibility index (Phi) is 1.78. The maximum Gasteiger partial charge on any atom is 0.254 e. The van der Waals surface area contributed by atoms with Crippen molar-refractivity contribution in [3.05, 3.63) is 0 Å². The van der Waals surface area contributed by atoms with Gasteiger partial charge in [-0.15, -0.1) is 0 Å². The number of carbonyl (C=O) groups is 1. The van der Waals surface area contributed by atoms with E-state index >= 15 is 0 Å². The van der Waals surface area contributed by atoms with Gasteiger partial charge in [0, 0.05) is 10.8 Å². The number of hydrogen-bond donors (Lipinski definition) is 0. The van der Waals surface area contributed by atoms with Gasteiger partial charge in [0.15, 0.2) is 0 Å². The molecule has 0 spiro atoms. The van der Waals surface area contributed by atoms with Crippen LogP contribution in [-0.4, -0.2) is 11.8 Å². The normalized spacial score (nSPS) is 26.7. The molecule has 67 valence electrons. The number of rotatable bonds is 0. The SMILES string of the molecule is CC1(C)CC(C)(C)C([O])=NC1=O. The van der Waals surface area contributed by atoms with Gasteiger partial charge in [-0.25, -0.2) is 0 Å². The van der Waals surface area contributed by atoms with Crippen LogP contribution in [0, 0.1) is 10.8 Å². The first-order chi connectivity index (χ1) is 5.26. The van der Waals surface area contributed by atoms with E-state index in [0.717, 1.165) is 0 Å². The van der Waals surface area contributed by atoms with Crippen molar-refractivity contribution in [2.45, 2.75) is 34.1 Å². The Labute approximate surface area is 72.5 Å². The zero-order chi connectivity index (χ0) is 9.57. The Morgan fingerprint density at radius 2 is 1.67 bits per heavy atom. The molecule has 1 radical (unpaired) electrons. The van der Waals surface area contributed by atoms with Crippen molar-refractivity contribution in [2.24, 2.45) is 15.8 Å². The number of amides is 1. The van der Waals surface area contributed by atoms with Gasteiger partial charge < -0.3 is 0 Å². The lowest BCUT2D eigenvalue weighted by molar-refractivity contribution is -0.128. The third kappa shape index (κ3) is 1.36. The molecule has 0 saturated carbocycles. The van der Waals surface area contributed by atoms with Crippen LogP contribution < -0.4 is 0 Å². The lowest BCUT2D eigenvalue weighted by Gasteiger charge is -2.34. The van der Waals surface area contributed by atoms with Gasteiger partial charge in [-0.1, -0.05) is 27.7 Å². The molecule has 0 unspecified atom stereocenters. The number of hydrogen-bond acceptors (Lipinski definition) is 1. The summed E-state index contributed by atoms with van der Waals surface area (Å²) >= 11 is 0. The average Bonchev–Trinajstić information content (AvgIpc) is 1.82. The molecule has 0 aromatic rings. The van der Waals surface area contributed by atoms with Crippen LogP contribution >= 0.6 is 0 Å². The summed E-state index contributed by atoms with van der Waals surface area (Å²) in [6.45, 7) is 7.31. The van der Waals surface area contributed by atoms with E-state index in [9.17, 15) is 9.90 Å². The fraction of sp³-hybridized carbons (Fsp3) is 0.778. The zero-order valence-electron chi connectivity index (χ0n) is 7.97. The summed E-state index contributed by atoms with van der Waals surface area (Å²) in [6, 6.07) is 0. The van der Waals surface area contributed by atoms with Crippen LogP contribution in [0.15, 0.2) is 4.99 Å². The molecule has 0 N–H and O–H groups in total. The summed E-state index contributed by atoms with van der Waals surface area (Å²) in [5, 5.41) is 11.2. The first kappa shape index (κ1) is 9.23. The molecule has 1 aliphatic rings. The van der Waals surface area contributed by atoms with Crippen molar-refractivity contribution >= 4 is 11.8 Å². The standard InChI is InChI=1S/C9H14NO2/c1-8(2)5-9(3,4)7(12)10-6(8)11/h5H2,1-4H3. The Balaban J connectivity index is 3.08. The van der Waals surface area contributed by atoms with Crippen molar-refractivity contribution in [1.29, 1.82) is 0 Å². The molecule has 3 nitrogen and oxygen atoms in total. The molecule has 0 atom stereocenters. The lowest BCUT2D eigenvalue weighted by Crippen LogP contribution is -2.39. The molecule has 0 bridgehead atoms. The minimum absolute atomic E-state index is 0.285. The maximum absolute atomic E-state index is 11.2. The quantitative estimate of drug-likeness (QED) is 0.544. The average molecular weight is 168 g/mol. The summed E-state index contributed by atoms with van der Waals surface area (Å²) in [5.74, 6) is -0.571. The largest absolute Gasteiger partial charge is 0.272 e. The van der Waals surface area contributed by atoms with Gasteiger partial charge in [-0.3, -0.25) is 9.90 Å². The lowest BCUT2D eigenvalue weighted by atomic mass is 9.72. The molecule has 0 fully saturated rings. The van der Waals surface area contributed by atoms with Crippen LogP contribution in [0.3, 0.4) is 0 Å². The highest BCUT2D eigenvalue weighted by Crippen LogP contribution is 2.39. The molecular weight excluding hydrogens is 154 g/mol. The van der Waals surface area contributed by atoms with Crippen LogP contribution in [0.5, 0.6) is 0 Å². The van der Waals surface area contributed by atoms with Gasteiger partial charge in [0.2, 0.25) is 0 Å². The van der Waals surface area contributed by atoms with Crippen molar-refractivity contribution in [3.8, 4) is 0 Å². The minimum Gasteiger partial charge on any atom is -0.272 e. The van der Waals surface area contributed by atoms with E-state index in [0.29, 0.717) is 6.42 Å². The Hall–Kier alpha value is -0.860. The minimum atomic E-state index is -0.475. The molecule has 1 aliphatic heterocycles. The van der Waals surface area contributed by atoms with E-state index in [-0.39, 0.29) is 11.8 Å². The van der Waals surface area contributed by atoms with E-state index in [1.54, 1.807) is 0 Å². The van der Waals surface area contributed by atoms with E-state index < -0.39 is 10.8 Å². The van der Waals surface area contributed by atoms with Crippen LogP contribution in [0.1, 0.15) is 34.1 Å². The van der Waals surface area contributed by atoms with Crippen molar-refractivity contribution in [2.75, 3.05) is 0 Å². The van der Waals surface area contributed by atoms with Crippen molar-refractivity contribution < 1.29 is 9.90 Å². The molecule has 1 heterocycles. The zero-order valence-corrected chi connectivity index (χ0v) is 7.97. The predicted octanol–water partition coefficient (Wildman–Crippen LogP) is 1.80. The summed E-state index contributed by atoms with van der Waals surface area (Å²) in [6.07, 6.45) is 0.584. The molecular formula is C9H14NO2. The molecule has 1 rings (SSSR count). The highest BCUT2D eigenvalue weighted by Gasteiger charge is 2.43. The number of aliphatic imine (C=N–C) groups is 1. The summed E-state index contributed by atoms with van der Waals surface area (Å²) in [7, 11) is 0. The molecule has 1 amide bonds. The fourth-order valence-corrected chi connectivity index (χ4v) is 1.65. The van der Waals surface area contributed by atoms with Crippen molar-refractivity contribution in [1.82, 2.24) is 0 Å². The van der Waals surface area contributed by atoms with E-state index in [1.807, 2.05) is 27.7 Å². The molecule has 0 aromatic carbocycles. The second-order valence-corrected chi connectivity index (χ2v) is 4.67. The highest BCUT2D eigenvalue weighted by molar-refractivity contribution is 5.98. The van der Waals surface area contributed by atoms with Gasteiger partial charge >= 0.3 is 0 Å². The third-order valence-electron chi connectivity index (χ3n) is 2.24. The Bertz CT molecular complexity index is 251.